The molecule has 0 aliphatic heterocycles. The molecule has 0 spiro atoms. The molecule has 0 atom stereocenters. The standard InChI is InChI=1S/C20H21ClN4O2/c1-20(6-7-20)18-13(8-11-4-3-5-15(23-11)19(22)25-26)12-9-14(21)17(27-2)10-16(12)24-18/h3-5,9-10,24,26H,6-8H2,1-2H3,(H2,22,25). The third-order valence-electron chi connectivity index (χ3n) is 5.32. The second kappa shape index (κ2) is 6.46. The number of halogens is 1. The van der Waals surface area contributed by atoms with E-state index < -0.39 is 0 Å². The van der Waals surface area contributed by atoms with E-state index in [2.05, 4.69) is 22.0 Å². The molecule has 2 aromatic heterocycles. The van der Waals surface area contributed by atoms with E-state index in [1.54, 1.807) is 13.2 Å². The van der Waals surface area contributed by atoms with E-state index in [-0.39, 0.29) is 11.3 Å². The highest BCUT2D eigenvalue weighted by Crippen LogP contribution is 2.50. The van der Waals surface area contributed by atoms with Gasteiger partial charge in [-0.15, -0.1) is 0 Å². The molecule has 0 unspecified atom stereocenters. The van der Waals surface area contributed by atoms with Crippen molar-refractivity contribution in [3.05, 3.63) is 58.0 Å². The second-order valence-electron chi connectivity index (χ2n) is 7.25. The number of ether oxygens (including phenoxy) is 1. The molecule has 4 N–H and O–H groups in total. The van der Waals surface area contributed by atoms with Crippen molar-refractivity contribution in [2.24, 2.45) is 10.9 Å². The van der Waals surface area contributed by atoms with Gasteiger partial charge in [-0.1, -0.05) is 29.7 Å². The molecule has 0 bridgehead atoms. The van der Waals surface area contributed by atoms with E-state index in [0.717, 1.165) is 29.4 Å². The van der Waals surface area contributed by atoms with Gasteiger partial charge in [-0.3, -0.25) is 0 Å². The molecule has 1 aromatic carbocycles. The summed E-state index contributed by atoms with van der Waals surface area (Å²) in [6, 6.07) is 9.41. The number of nitrogens with two attached hydrogens (primary N) is 1. The fraction of sp³-hybridized carbons (Fsp3) is 0.300. The van der Waals surface area contributed by atoms with Gasteiger partial charge in [0.05, 0.1) is 12.1 Å². The number of aromatic amines is 1. The molecule has 1 aliphatic carbocycles. The number of rotatable bonds is 5. The smallest absolute Gasteiger partial charge is 0.188 e. The third-order valence-corrected chi connectivity index (χ3v) is 5.61. The number of nitrogens with one attached hydrogen (secondary N) is 1. The Kier molecular flexibility index (Phi) is 4.23. The van der Waals surface area contributed by atoms with E-state index in [0.29, 0.717) is 22.9 Å². The predicted molar refractivity (Wildman–Crippen MR) is 106 cm³/mol. The number of fused-ring (bicyclic) bond motifs is 1. The van der Waals surface area contributed by atoms with Crippen molar-refractivity contribution in [2.45, 2.75) is 31.6 Å². The monoisotopic (exact) mass is 384 g/mol. The van der Waals surface area contributed by atoms with Crippen LogP contribution in [0, 0.1) is 0 Å². The number of oxime groups is 1. The number of nitrogens with zero attached hydrogens (tertiary/aromatic N) is 2. The summed E-state index contributed by atoms with van der Waals surface area (Å²) in [5.41, 5.74) is 10.5. The lowest BCUT2D eigenvalue weighted by molar-refractivity contribution is 0.318. The Morgan fingerprint density at radius 1 is 1.41 bits per heavy atom. The number of methoxy groups -OCH3 is 1. The van der Waals surface area contributed by atoms with Gasteiger partial charge in [-0.05, 0) is 36.6 Å². The first-order valence-electron chi connectivity index (χ1n) is 8.77. The average Bonchev–Trinajstić information content (AvgIpc) is 3.33. The molecular weight excluding hydrogens is 364 g/mol. The van der Waals surface area contributed by atoms with E-state index in [1.165, 1.54) is 11.3 Å². The summed E-state index contributed by atoms with van der Waals surface area (Å²) in [4.78, 5) is 8.12. The van der Waals surface area contributed by atoms with Crippen molar-refractivity contribution >= 4 is 28.3 Å². The topological polar surface area (TPSA) is 96.5 Å². The van der Waals surface area contributed by atoms with Gasteiger partial charge in [0, 0.05) is 40.2 Å². The minimum absolute atomic E-state index is 0.00191. The van der Waals surface area contributed by atoms with Crippen LogP contribution < -0.4 is 10.5 Å². The molecule has 0 radical (unpaired) electrons. The molecule has 0 amide bonds. The summed E-state index contributed by atoms with van der Waals surface area (Å²) in [5.74, 6) is 0.648. The predicted octanol–water partition coefficient (Wildman–Crippen LogP) is 3.96. The molecular formula is C20H21ClN4O2. The largest absolute Gasteiger partial charge is 0.495 e. The van der Waals surface area contributed by atoms with Crippen molar-refractivity contribution in [1.29, 1.82) is 0 Å². The van der Waals surface area contributed by atoms with Gasteiger partial charge in [-0.25, -0.2) is 4.98 Å². The lowest BCUT2D eigenvalue weighted by Crippen LogP contribution is -2.15. The zero-order valence-corrected chi connectivity index (χ0v) is 16.0. The van der Waals surface area contributed by atoms with E-state index in [9.17, 15) is 0 Å². The summed E-state index contributed by atoms with van der Waals surface area (Å²) < 4.78 is 5.36. The van der Waals surface area contributed by atoms with Crippen LogP contribution in [0.15, 0.2) is 35.5 Å². The first-order chi connectivity index (χ1) is 12.9. The Morgan fingerprint density at radius 3 is 2.85 bits per heavy atom. The molecule has 4 rings (SSSR count). The molecule has 1 fully saturated rings. The van der Waals surface area contributed by atoms with Crippen molar-refractivity contribution in [1.82, 2.24) is 9.97 Å². The highest BCUT2D eigenvalue weighted by atomic mass is 35.5. The lowest BCUT2D eigenvalue weighted by atomic mass is 9.96. The highest BCUT2D eigenvalue weighted by molar-refractivity contribution is 6.32. The maximum absolute atomic E-state index is 8.91. The van der Waals surface area contributed by atoms with Crippen LogP contribution in [0.3, 0.4) is 0 Å². The summed E-state index contributed by atoms with van der Waals surface area (Å²) in [6.07, 6.45) is 2.92. The molecule has 1 aliphatic rings. The van der Waals surface area contributed by atoms with Crippen molar-refractivity contribution < 1.29 is 9.94 Å². The zero-order valence-electron chi connectivity index (χ0n) is 15.2. The SMILES string of the molecule is COc1cc2[nH]c(C3(C)CC3)c(Cc3cccc(C(N)=NO)n3)c2cc1Cl. The van der Waals surface area contributed by atoms with Crippen LogP contribution in [0.1, 0.15) is 42.4 Å². The van der Waals surface area contributed by atoms with Gasteiger partial charge in [0.25, 0.3) is 0 Å². The minimum Gasteiger partial charge on any atom is -0.495 e. The first-order valence-corrected chi connectivity index (χ1v) is 9.15. The molecule has 140 valence electrons. The molecule has 6 nitrogen and oxygen atoms in total. The fourth-order valence-corrected chi connectivity index (χ4v) is 3.74. The van der Waals surface area contributed by atoms with Gasteiger partial charge < -0.3 is 20.7 Å². The Bertz CT molecular complexity index is 1050. The molecule has 0 saturated heterocycles. The van der Waals surface area contributed by atoms with Crippen LogP contribution in [0.2, 0.25) is 5.02 Å². The number of hydrogen-bond donors (Lipinski definition) is 3. The van der Waals surface area contributed by atoms with Gasteiger partial charge in [0.15, 0.2) is 5.84 Å². The Labute approximate surface area is 162 Å². The number of H-pyrrole nitrogens is 1. The van der Waals surface area contributed by atoms with Crippen LogP contribution >= 0.6 is 11.6 Å². The van der Waals surface area contributed by atoms with E-state index in [4.69, 9.17) is 27.3 Å². The quantitative estimate of drug-likeness (QED) is 0.268. The molecule has 3 aromatic rings. The number of benzene rings is 1. The van der Waals surface area contributed by atoms with Crippen LogP contribution in [0.5, 0.6) is 5.75 Å². The molecule has 27 heavy (non-hydrogen) atoms. The summed E-state index contributed by atoms with van der Waals surface area (Å²) in [7, 11) is 1.61. The van der Waals surface area contributed by atoms with Crippen molar-refractivity contribution in [2.75, 3.05) is 7.11 Å². The maximum atomic E-state index is 8.91. The minimum atomic E-state index is -0.00191. The van der Waals surface area contributed by atoms with Gasteiger partial charge in [0.2, 0.25) is 0 Å². The van der Waals surface area contributed by atoms with Crippen molar-refractivity contribution in [3.8, 4) is 5.75 Å². The zero-order chi connectivity index (χ0) is 19.2. The number of aromatic nitrogens is 2. The average molecular weight is 385 g/mol. The Balaban J connectivity index is 1.84. The number of pyridine rings is 1. The molecule has 2 heterocycles. The van der Waals surface area contributed by atoms with Crippen LogP contribution in [0.4, 0.5) is 0 Å². The second-order valence-corrected chi connectivity index (χ2v) is 7.65. The Hall–Kier alpha value is -2.73. The van der Waals surface area contributed by atoms with Gasteiger partial charge >= 0.3 is 0 Å². The number of hydrogen-bond acceptors (Lipinski definition) is 4. The summed E-state index contributed by atoms with van der Waals surface area (Å²) in [6.45, 7) is 2.26. The summed E-state index contributed by atoms with van der Waals surface area (Å²) >= 11 is 6.39. The molecule has 1 saturated carbocycles. The first kappa shape index (κ1) is 17.7. The lowest BCUT2D eigenvalue weighted by Gasteiger charge is -2.11. The van der Waals surface area contributed by atoms with Gasteiger partial charge in [-0.2, -0.15) is 0 Å². The fourth-order valence-electron chi connectivity index (χ4n) is 3.50. The Morgan fingerprint density at radius 2 is 2.19 bits per heavy atom. The van der Waals surface area contributed by atoms with Crippen LogP contribution in [-0.2, 0) is 11.8 Å². The van der Waals surface area contributed by atoms with E-state index >= 15 is 0 Å². The van der Waals surface area contributed by atoms with E-state index in [1.807, 2.05) is 24.3 Å². The summed E-state index contributed by atoms with van der Waals surface area (Å²) in [5, 5.41) is 13.6. The van der Waals surface area contributed by atoms with Gasteiger partial charge in [0.1, 0.15) is 11.4 Å². The molecule has 7 heteroatoms. The van der Waals surface area contributed by atoms with Crippen LogP contribution in [0.25, 0.3) is 10.9 Å². The normalized spacial score (nSPS) is 15.9. The number of amidine groups is 1. The maximum Gasteiger partial charge on any atom is 0.188 e. The highest BCUT2D eigenvalue weighted by Gasteiger charge is 2.42. The van der Waals surface area contributed by atoms with Crippen LogP contribution in [-0.4, -0.2) is 28.1 Å². The third kappa shape index (κ3) is 3.10. The van der Waals surface area contributed by atoms with Crippen molar-refractivity contribution in [3.63, 3.8) is 0 Å².